The molecule has 2 nitrogen and oxygen atoms in total. The summed E-state index contributed by atoms with van der Waals surface area (Å²) in [7, 11) is 1.68. The van der Waals surface area contributed by atoms with Gasteiger partial charge in [-0.25, -0.2) is 0 Å². The van der Waals surface area contributed by atoms with Gasteiger partial charge in [-0.3, -0.25) is 0 Å². The molecule has 0 spiro atoms. The highest BCUT2D eigenvalue weighted by Gasteiger charge is 2.02. The number of hydrogen-bond donors (Lipinski definition) is 1. The molecule has 0 fully saturated rings. The van der Waals surface area contributed by atoms with Crippen molar-refractivity contribution in [2.75, 3.05) is 7.11 Å². The summed E-state index contributed by atoms with van der Waals surface area (Å²) >= 11 is 0. The SMILES string of the molecule is COc1cc(C)c(C#CC(C)N)cc1C. The van der Waals surface area contributed by atoms with Crippen LogP contribution in [0.25, 0.3) is 0 Å². The molecule has 0 saturated heterocycles. The molecule has 1 atom stereocenters. The van der Waals surface area contributed by atoms with Gasteiger partial charge in [-0.05, 0) is 44.0 Å². The van der Waals surface area contributed by atoms with Crippen LogP contribution in [0.3, 0.4) is 0 Å². The molecular weight excluding hydrogens is 186 g/mol. The standard InChI is InChI=1S/C13H17NO/c1-9-8-13(15-4)10(2)7-12(9)6-5-11(3)14/h7-8,11H,14H2,1-4H3. The summed E-state index contributed by atoms with van der Waals surface area (Å²) in [5.41, 5.74) is 8.82. The van der Waals surface area contributed by atoms with Crippen LogP contribution in [0, 0.1) is 25.7 Å². The van der Waals surface area contributed by atoms with Crippen LogP contribution in [0.5, 0.6) is 5.75 Å². The Hall–Kier alpha value is -1.46. The lowest BCUT2D eigenvalue weighted by Crippen LogP contribution is -2.11. The number of hydrogen-bond acceptors (Lipinski definition) is 2. The first-order chi connectivity index (χ1) is 7.04. The smallest absolute Gasteiger partial charge is 0.122 e. The molecule has 1 aromatic carbocycles. The summed E-state index contributed by atoms with van der Waals surface area (Å²) in [5.74, 6) is 6.93. The largest absolute Gasteiger partial charge is 0.496 e. The third kappa shape index (κ3) is 3.00. The molecule has 0 aliphatic carbocycles. The quantitative estimate of drug-likeness (QED) is 0.709. The first-order valence-electron chi connectivity index (χ1n) is 4.97. The first-order valence-corrected chi connectivity index (χ1v) is 4.97. The van der Waals surface area contributed by atoms with Crippen molar-refractivity contribution < 1.29 is 4.74 Å². The highest BCUT2D eigenvalue weighted by molar-refractivity contribution is 5.49. The van der Waals surface area contributed by atoms with Crippen molar-refractivity contribution in [2.24, 2.45) is 5.73 Å². The predicted molar refractivity (Wildman–Crippen MR) is 63.0 cm³/mol. The van der Waals surface area contributed by atoms with E-state index in [0.717, 1.165) is 22.4 Å². The molecule has 15 heavy (non-hydrogen) atoms. The number of benzene rings is 1. The second-order valence-corrected chi connectivity index (χ2v) is 3.69. The fourth-order valence-electron chi connectivity index (χ4n) is 1.34. The minimum absolute atomic E-state index is 0.0909. The van der Waals surface area contributed by atoms with Gasteiger partial charge in [0.25, 0.3) is 0 Å². The van der Waals surface area contributed by atoms with E-state index in [1.165, 1.54) is 0 Å². The van der Waals surface area contributed by atoms with E-state index < -0.39 is 0 Å². The lowest BCUT2D eigenvalue weighted by molar-refractivity contribution is 0.411. The fraction of sp³-hybridized carbons (Fsp3) is 0.385. The van der Waals surface area contributed by atoms with E-state index in [0.29, 0.717) is 0 Å². The Balaban J connectivity index is 3.12. The average molecular weight is 203 g/mol. The van der Waals surface area contributed by atoms with Crippen LogP contribution in [0.4, 0.5) is 0 Å². The molecule has 0 aromatic heterocycles. The molecule has 1 unspecified atom stereocenters. The Morgan fingerprint density at radius 1 is 1.27 bits per heavy atom. The van der Waals surface area contributed by atoms with Gasteiger partial charge in [-0.1, -0.05) is 11.8 Å². The molecule has 0 aliphatic rings. The second kappa shape index (κ2) is 4.86. The summed E-state index contributed by atoms with van der Waals surface area (Å²) in [5, 5.41) is 0. The van der Waals surface area contributed by atoms with E-state index >= 15 is 0 Å². The molecule has 0 saturated carbocycles. The monoisotopic (exact) mass is 203 g/mol. The molecule has 1 rings (SSSR count). The summed E-state index contributed by atoms with van der Waals surface area (Å²) in [6, 6.07) is 3.94. The Morgan fingerprint density at radius 3 is 2.47 bits per heavy atom. The maximum absolute atomic E-state index is 5.59. The molecule has 0 aliphatic heterocycles. The van der Waals surface area contributed by atoms with E-state index in [2.05, 4.69) is 11.8 Å². The molecule has 1 aromatic rings. The minimum atomic E-state index is -0.0909. The lowest BCUT2D eigenvalue weighted by atomic mass is 10.0. The van der Waals surface area contributed by atoms with E-state index in [4.69, 9.17) is 10.5 Å². The molecule has 0 heterocycles. The zero-order valence-electron chi connectivity index (χ0n) is 9.72. The van der Waals surface area contributed by atoms with Crippen molar-refractivity contribution in [3.05, 3.63) is 28.8 Å². The van der Waals surface area contributed by atoms with Gasteiger partial charge >= 0.3 is 0 Å². The van der Waals surface area contributed by atoms with Crippen LogP contribution in [-0.2, 0) is 0 Å². The molecule has 0 bridgehead atoms. The third-order valence-corrected chi connectivity index (χ3v) is 2.18. The van der Waals surface area contributed by atoms with Crippen molar-refractivity contribution in [1.82, 2.24) is 0 Å². The zero-order valence-corrected chi connectivity index (χ0v) is 9.72. The van der Waals surface area contributed by atoms with Gasteiger partial charge in [0.1, 0.15) is 5.75 Å². The maximum Gasteiger partial charge on any atom is 0.122 e. The molecule has 2 N–H and O–H groups in total. The van der Waals surface area contributed by atoms with Crippen molar-refractivity contribution in [3.8, 4) is 17.6 Å². The van der Waals surface area contributed by atoms with Crippen molar-refractivity contribution >= 4 is 0 Å². The lowest BCUT2D eigenvalue weighted by Gasteiger charge is -2.07. The third-order valence-electron chi connectivity index (χ3n) is 2.18. The molecular formula is C13H17NO. The van der Waals surface area contributed by atoms with Crippen LogP contribution < -0.4 is 10.5 Å². The van der Waals surface area contributed by atoms with Crippen molar-refractivity contribution in [1.29, 1.82) is 0 Å². The molecule has 0 amide bonds. The van der Waals surface area contributed by atoms with Gasteiger partial charge in [0, 0.05) is 5.56 Å². The number of rotatable bonds is 1. The topological polar surface area (TPSA) is 35.2 Å². The molecule has 80 valence electrons. The van der Waals surface area contributed by atoms with Crippen LogP contribution in [0.1, 0.15) is 23.6 Å². The number of nitrogens with two attached hydrogens (primary N) is 1. The van der Waals surface area contributed by atoms with E-state index in [-0.39, 0.29) is 6.04 Å². The van der Waals surface area contributed by atoms with E-state index in [1.54, 1.807) is 7.11 Å². The second-order valence-electron chi connectivity index (χ2n) is 3.69. The highest BCUT2D eigenvalue weighted by atomic mass is 16.5. The van der Waals surface area contributed by atoms with Crippen LogP contribution in [0.15, 0.2) is 12.1 Å². The first kappa shape index (κ1) is 11.6. The van der Waals surface area contributed by atoms with E-state index in [9.17, 15) is 0 Å². The van der Waals surface area contributed by atoms with Gasteiger partial charge < -0.3 is 10.5 Å². The van der Waals surface area contributed by atoms with Crippen LogP contribution in [-0.4, -0.2) is 13.2 Å². The maximum atomic E-state index is 5.59. The zero-order chi connectivity index (χ0) is 11.4. The fourth-order valence-corrected chi connectivity index (χ4v) is 1.34. The number of methoxy groups -OCH3 is 1. The van der Waals surface area contributed by atoms with Gasteiger partial charge in [-0.15, -0.1) is 0 Å². The Labute approximate surface area is 91.4 Å². The van der Waals surface area contributed by atoms with Crippen molar-refractivity contribution in [3.63, 3.8) is 0 Å². The van der Waals surface area contributed by atoms with Crippen LogP contribution >= 0.6 is 0 Å². The summed E-state index contributed by atoms with van der Waals surface area (Å²) in [4.78, 5) is 0. The molecule has 0 radical (unpaired) electrons. The van der Waals surface area contributed by atoms with Gasteiger partial charge in [0.2, 0.25) is 0 Å². The van der Waals surface area contributed by atoms with Gasteiger partial charge in [0.15, 0.2) is 0 Å². The Bertz CT molecular complexity index is 411. The average Bonchev–Trinajstić information content (AvgIpc) is 2.18. The van der Waals surface area contributed by atoms with Gasteiger partial charge in [0.05, 0.1) is 13.2 Å². The highest BCUT2D eigenvalue weighted by Crippen LogP contribution is 2.21. The summed E-state index contributed by atoms with van der Waals surface area (Å²) < 4.78 is 5.23. The molecule has 2 heteroatoms. The van der Waals surface area contributed by atoms with E-state index in [1.807, 2.05) is 32.9 Å². The van der Waals surface area contributed by atoms with Crippen LogP contribution in [0.2, 0.25) is 0 Å². The summed E-state index contributed by atoms with van der Waals surface area (Å²) in [6.45, 7) is 5.90. The summed E-state index contributed by atoms with van der Waals surface area (Å²) in [6.07, 6.45) is 0. The number of ether oxygens (including phenoxy) is 1. The van der Waals surface area contributed by atoms with Crippen molar-refractivity contribution in [2.45, 2.75) is 26.8 Å². The number of aryl methyl sites for hydroxylation is 2. The van der Waals surface area contributed by atoms with Gasteiger partial charge in [-0.2, -0.15) is 0 Å². The predicted octanol–water partition coefficient (Wildman–Crippen LogP) is 2.01. The Morgan fingerprint density at radius 2 is 1.93 bits per heavy atom. The normalized spacial score (nSPS) is 11.5. The minimum Gasteiger partial charge on any atom is -0.496 e. The Kier molecular flexibility index (Phi) is 3.76.